The summed E-state index contributed by atoms with van der Waals surface area (Å²) in [5.74, 6) is -1.25. The van der Waals surface area contributed by atoms with E-state index in [2.05, 4.69) is 19.2 Å². The minimum Gasteiger partial charge on any atom is -0.485 e. The van der Waals surface area contributed by atoms with Crippen molar-refractivity contribution in [3.63, 3.8) is 0 Å². The molecule has 196 valence electrons. The Labute approximate surface area is 218 Å². The second-order valence-electron chi connectivity index (χ2n) is 9.15. The number of thioether (sulfide) groups is 1. The fourth-order valence-corrected chi connectivity index (χ4v) is 5.49. The zero-order valence-electron chi connectivity index (χ0n) is 20.9. The largest absolute Gasteiger partial charge is 0.485 e. The molecule has 1 fully saturated rings. The quantitative estimate of drug-likeness (QED) is 0.371. The van der Waals surface area contributed by atoms with Gasteiger partial charge in [0.25, 0.3) is 11.8 Å². The van der Waals surface area contributed by atoms with E-state index in [1.807, 2.05) is 25.1 Å². The molecule has 1 aromatic heterocycles. The van der Waals surface area contributed by atoms with E-state index in [1.54, 1.807) is 6.07 Å². The highest BCUT2D eigenvalue weighted by Gasteiger charge is 2.54. The van der Waals surface area contributed by atoms with Crippen molar-refractivity contribution in [2.45, 2.75) is 51.6 Å². The van der Waals surface area contributed by atoms with Gasteiger partial charge in [-0.1, -0.05) is 26.0 Å². The number of nitrogens with zero attached hydrogens (tertiary/aromatic N) is 1. The SMILES string of the molecule is CC(=O)OCC1=C(C(=O)O)N2C(=O)C(NC(=O)c3ccc(COc4cc(C)ccc4C(C)C)o3)C2SC1. The lowest BCUT2D eigenvalue weighted by atomic mass is 10.0. The summed E-state index contributed by atoms with van der Waals surface area (Å²) in [5, 5.41) is 11.7. The number of carbonyl (C=O) groups excluding carboxylic acids is 3. The van der Waals surface area contributed by atoms with Crippen molar-refractivity contribution in [1.82, 2.24) is 10.2 Å². The molecule has 2 atom stereocenters. The normalized spacial score (nSPS) is 18.8. The van der Waals surface area contributed by atoms with Crippen LogP contribution in [0.3, 0.4) is 0 Å². The number of nitrogens with one attached hydrogen (secondary N) is 1. The van der Waals surface area contributed by atoms with Crippen molar-refractivity contribution >= 4 is 35.5 Å². The number of ether oxygens (including phenoxy) is 2. The number of hydrogen-bond acceptors (Lipinski definition) is 8. The summed E-state index contributed by atoms with van der Waals surface area (Å²) in [4.78, 5) is 49.6. The smallest absolute Gasteiger partial charge is 0.352 e. The number of amides is 2. The third kappa shape index (κ3) is 5.51. The predicted octanol–water partition coefficient (Wildman–Crippen LogP) is 3.21. The van der Waals surface area contributed by atoms with Gasteiger partial charge in [-0.2, -0.15) is 0 Å². The zero-order chi connectivity index (χ0) is 26.9. The summed E-state index contributed by atoms with van der Waals surface area (Å²) in [6.45, 7) is 7.28. The maximum Gasteiger partial charge on any atom is 0.352 e. The number of carboxylic acids is 1. The van der Waals surface area contributed by atoms with E-state index in [-0.39, 0.29) is 36.3 Å². The topological polar surface area (TPSA) is 135 Å². The molecule has 0 spiro atoms. The maximum atomic E-state index is 12.8. The number of fused-ring (bicyclic) bond motifs is 1. The van der Waals surface area contributed by atoms with Crippen LogP contribution < -0.4 is 10.1 Å². The molecule has 2 aromatic rings. The van der Waals surface area contributed by atoms with Crippen LogP contribution in [0, 0.1) is 6.92 Å². The van der Waals surface area contributed by atoms with Crippen LogP contribution in [0.1, 0.15) is 54.1 Å². The van der Waals surface area contributed by atoms with Crippen LogP contribution in [0.2, 0.25) is 0 Å². The summed E-state index contributed by atoms with van der Waals surface area (Å²) in [7, 11) is 0. The minimum atomic E-state index is -1.30. The van der Waals surface area contributed by atoms with Crippen LogP contribution in [-0.2, 0) is 25.7 Å². The van der Waals surface area contributed by atoms with E-state index >= 15 is 0 Å². The van der Waals surface area contributed by atoms with Crippen LogP contribution in [0.15, 0.2) is 46.0 Å². The van der Waals surface area contributed by atoms with Crippen molar-refractivity contribution in [3.05, 3.63) is 64.2 Å². The van der Waals surface area contributed by atoms with Gasteiger partial charge in [0, 0.05) is 18.2 Å². The fraction of sp³-hybridized carbons (Fsp3) is 0.385. The van der Waals surface area contributed by atoms with Crippen molar-refractivity contribution in [1.29, 1.82) is 0 Å². The molecule has 0 saturated carbocycles. The molecular formula is C26H28N2O8S. The Hall–Kier alpha value is -3.73. The monoisotopic (exact) mass is 528 g/mol. The zero-order valence-corrected chi connectivity index (χ0v) is 21.7. The average Bonchev–Trinajstić information content (AvgIpc) is 3.32. The third-order valence-electron chi connectivity index (χ3n) is 6.03. The minimum absolute atomic E-state index is 0.0172. The Morgan fingerprint density at radius 2 is 1.97 bits per heavy atom. The van der Waals surface area contributed by atoms with E-state index in [9.17, 15) is 24.3 Å². The molecule has 1 saturated heterocycles. The molecule has 1 aromatic carbocycles. The molecule has 10 nitrogen and oxygen atoms in total. The van der Waals surface area contributed by atoms with Crippen LogP contribution >= 0.6 is 11.8 Å². The van der Waals surface area contributed by atoms with Gasteiger partial charge < -0.3 is 24.3 Å². The lowest BCUT2D eigenvalue weighted by molar-refractivity contribution is -0.149. The van der Waals surface area contributed by atoms with Crippen LogP contribution in [-0.4, -0.2) is 57.5 Å². The van der Waals surface area contributed by atoms with Gasteiger partial charge in [-0.25, -0.2) is 4.79 Å². The van der Waals surface area contributed by atoms with E-state index in [0.29, 0.717) is 11.3 Å². The molecule has 0 aliphatic carbocycles. The van der Waals surface area contributed by atoms with Gasteiger partial charge in [0.15, 0.2) is 5.76 Å². The average molecular weight is 529 g/mol. The Bertz CT molecular complexity index is 1280. The first-order valence-electron chi connectivity index (χ1n) is 11.7. The van der Waals surface area contributed by atoms with Crippen molar-refractivity contribution in [2.75, 3.05) is 12.4 Å². The van der Waals surface area contributed by atoms with Gasteiger partial charge in [0.1, 0.15) is 41.8 Å². The summed E-state index contributed by atoms with van der Waals surface area (Å²) in [6, 6.07) is 8.25. The van der Waals surface area contributed by atoms with Gasteiger partial charge in [-0.15, -0.1) is 11.8 Å². The molecule has 11 heteroatoms. The van der Waals surface area contributed by atoms with E-state index in [1.165, 1.54) is 24.8 Å². The second kappa shape index (κ2) is 10.7. The molecule has 2 aliphatic heterocycles. The number of carbonyl (C=O) groups is 4. The number of aliphatic carboxylic acids is 1. The lowest BCUT2D eigenvalue weighted by Gasteiger charge is -2.49. The lowest BCUT2D eigenvalue weighted by Crippen LogP contribution is -2.70. The molecule has 0 radical (unpaired) electrons. The molecule has 2 unspecified atom stereocenters. The van der Waals surface area contributed by atoms with Crippen LogP contribution in [0.25, 0.3) is 0 Å². The molecule has 3 heterocycles. The number of aryl methyl sites for hydroxylation is 1. The van der Waals surface area contributed by atoms with Gasteiger partial charge in [0.05, 0.1) is 0 Å². The predicted molar refractivity (Wildman–Crippen MR) is 134 cm³/mol. The highest BCUT2D eigenvalue weighted by Crippen LogP contribution is 2.40. The molecule has 37 heavy (non-hydrogen) atoms. The summed E-state index contributed by atoms with van der Waals surface area (Å²) in [6.07, 6.45) is 0. The molecule has 2 aliphatic rings. The Morgan fingerprint density at radius 1 is 1.22 bits per heavy atom. The number of benzene rings is 1. The second-order valence-corrected chi connectivity index (χ2v) is 10.3. The first kappa shape index (κ1) is 26.3. The summed E-state index contributed by atoms with van der Waals surface area (Å²) < 4.78 is 16.5. The first-order chi connectivity index (χ1) is 17.6. The highest BCUT2D eigenvalue weighted by atomic mass is 32.2. The molecule has 2 amide bonds. The third-order valence-corrected chi connectivity index (χ3v) is 7.37. The molecular weight excluding hydrogens is 500 g/mol. The Kier molecular flexibility index (Phi) is 7.63. The van der Waals surface area contributed by atoms with Gasteiger partial charge in [-0.3, -0.25) is 19.3 Å². The Balaban J connectivity index is 1.39. The van der Waals surface area contributed by atoms with Crippen molar-refractivity contribution in [2.24, 2.45) is 0 Å². The van der Waals surface area contributed by atoms with Gasteiger partial charge in [-0.05, 0) is 42.2 Å². The number of esters is 1. The maximum absolute atomic E-state index is 12.8. The van der Waals surface area contributed by atoms with Crippen molar-refractivity contribution in [3.8, 4) is 5.75 Å². The number of hydrogen-bond donors (Lipinski definition) is 2. The number of furan rings is 1. The summed E-state index contributed by atoms with van der Waals surface area (Å²) >= 11 is 1.29. The van der Waals surface area contributed by atoms with Crippen molar-refractivity contribution < 1.29 is 38.2 Å². The molecule has 2 N–H and O–H groups in total. The number of rotatable bonds is 9. The molecule has 0 bridgehead atoms. The van der Waals surface area contributed by atoms with Crippen LogP contribution in [0.4, 0.5) is 0 Å². The number of carboxylic acid groups (broad SMARTS) is 1. The summed E-state index contributed by atoms with van der Waals surface area (Å²) in [5.41, 5.74) is 2.25. The van der Waals surface area contributed by atoms with E-state index < -0.39 is 35.2 Å². The fourth-order valence-electron chi connectivity index (χ4n) is 4.17. The van der Waals surface area contributed by atoms with E-state index in [0.717, 1.165) is 21.8 Å². The standard InChI is InChI=1S/C26H28N2O8S/c1-13(2)18-7-5-14(3)9-20(18)35-11-17-6-8-19(36-17)23(30)27-21-24(31)28-22(26(32)33)16(10-34-15(4)29)12-37-25(21)28/h5-9,13,21,25H,10-12H2,1-4H3,(H,27,30)(H,32,33). The Morgan fingerprint density at radius 3 is 2.65 bits per heavy atom. The highest BCUT2D eigenvalue weighted by molar-refractivity contribution is 8.00. The molecule has 4 rings (SSSR count). The number of β-lactam (4-membered cyclic amide) rings is 1. The van der Waals surface area contributed by atoms with Gasteiger partial charge in [0.2, 0.25) is 0 Å². The van der Waals surface area contributed by atoms with Gasteiger partial charge >= 0.3 is 11.9 Å². The first-order valence-corrected chi connectivity index (χ1v) is 12.8. The van der Waals surface area contributed by atoms with Crippen LogP contribution in [0.5, 0.6) is 5.75 Å². The van der Waals surface area contributed by atoms with E-state index in [4.69, 9.17) is 13.9 Å².